The lowest BCUT2D eigenvalue weighted by Crippen LogP contribution is -2.29. The Labute approximate surface area is 166 Å². The van der Waals surface area contributed by atoms with Crippen LogP contribution in [0.3, 0.4) is 0 Å². The van der Waals surface area contributed by atoms with E-state index in [1.807, 2.05) is 6.07 Å². The monoisotopic (exact) mass is 389 g/mol. The maximum absolute atomic E-state index is 5.94. The van der Waals surface area contributed by atoms with Gasteiger partial charge >= 0.3 is 0 Å². The zero-order valence-electron chi connectivity index (χ0n) is 16.2. The van der Waals surface area contributed by atoms with Crippen molar-refractivity contribution in [2.45, 2.75) is 45.6 Å². The molecule has 2 aromatic rings. The summed E-state index contributed by atoms with van der Waals surface area (Å²) in [4.78, 5) is 2.54. The fraction of sp³-hybridized carbons (Fsp3) is 0.600. The number of rotatable bonds is 11. The van der Waals surface area contributed by atoms with E-state index in [1.165, 1.54) is 49.6 Å². The van der Waals surface area contributed by atoms with Gasteiger partial charge in [-0.3, -0.25) is 4.90 Å². The molecule has 1 saturated heterocycles. The van der Waals surface area contributed by atoms with E-state index in [-0.39, 0.29) is 0 Å². The molecule has 1 aromatic heterocycles. The average molecular weight is 390 g/mol. The molecule has 0 bridgehead atoms. The van der Waals surface area contributed by atoms with Crippen molar-refractivity contribution in [2.75, 3.05) is 43.4 Å². The number of aromatic nitrogens is 2. The highest BCUT2D eigenvalue weighted by Crippen LogP contribution is 2.19. The fourth-order valence-corrected chi connectivity index (χ4v) is 3.75. The molecule has 0 saturated carbocycles. The highest BCUT2D eigenvalue weighted by Gasteiger charge is 2.10. The van der Waals surface area contributed by atoms with Gasteiger partial charge < -0.3 is 15.4 Å². The fourth-order valence-electron chi connectivity index (χ4n) is 3.24. The quantitative estimate of drug-likeness (QED) is 0.561. The van der Waals surface area contributed by atoms with Crippen LogP contribution in [0.15, 0.2) is 24.3 Å². The number of nitrogens with zero attached hydrogens (tertiary/aromatic N) is 3. The second-order valence-corrected chi connectivity index (χ2v) is 7.53. The zero-order chi connectivity index (χ0) is 18.7. The first-order chi connectivity index (χ1) is 13.3. The summed E-state index contributed by atoms with van der Waals surface area (Å²) in [7, 11) is 0. The van der Waals surface area contributed by atoms with Crippen molar-refractivity contribution in [3.8, 4) is 5.75 Å². The van der Waals surface area contributed by atoms with Crippen LogP contribution in [-0.2, 0) is 6.54 Å². The third-order valence-corrected chi connectivity index (χ3v) is 5.20. The Balaban J connectivity index is 1.36. The molecule has 6 nitrogen and oxygen atoms in total. The van der Waals surface area contributed by atoms with Crippen LogP contribution >= 0.6 is 11.7 Å². The Hall–Kier alpha value is -1.86. The first kappa shape index (κ1) is 19.9. The van der Waals surface area contributed by atoms with Crippen molar-refractivity contribution in [3.63, 3.8) is 0 Å². The van der Waals surface area contributed by atoms with Crippen LogP contribution < -0.4 is 15.4 Å². The summed E-state index contributed by atoms with van der Waals surface area (Å²) >= 11 is 1.23. The number of hydrogen-bond acceptors (Lipinski definition) is 7. The van der Waals surface area contributed by atoms with E-state index < -0.39 is 0 Å². The van der Waals surface area contributed by atoms with Crippen molar-refractivity contribution in [3.05, 3.63) is 29.8 Å². The average Bonchev–Trinajstić information content (AvgIpc) is 3.14. The molecule has 0 atom stereocenters. The molecule has 27 heavy (non-hydrogen) atoms. The zero-order valence-corrected chi connectivity index (χ0v) is 17.1. The van der Waals surface area contributed by atoms with Crippen LogP contribution in [0.1, 0.15) is 44.6 Å². The van der Waals surface area contributed by atoms with Crippen LogP contribution in [0.25, 0.3) is 0 Å². The van der Waals surface area contributed by atoms with Crippen LogP contribution in [0.2, 0.25) is 0 Å². The second kappa shape index (κ2) is 11.1. The van der Waals surface area contributed by atoms with Gasteiger partial charge in [-0.05, 0) is 56.5 Å². The molecular weight excluding hydrogens is 358 g/mol. The van der Waals surface area contributed by atoms with Crippen molar-refractivity contribution >= 4 is 23.4 Å². The Morgan fingerprint density at radius 3 is 2.63 bits per heavy atom. The van der Waals surface area contributed by atoms with Gasteiger partial charge in [0.2, 0.25) is 0 Å². The molecule has 7 heteroatoms. The molecule has 0 unspecified atom stereocenters. The van der Waals surface area contributed by atoms with Gasteiger partial charge in [-0.2, -0.15) is 8.75 Å². The smallest absolute Gasteiger partial charge is 0.184 e. The predicted molar refractivity (Wildman–Crippen MR) is 113 cm³/mol. The Kier molecular flexibility index (Phi) is 8.17. The number of hydrogen-bond donors (Lipinski definition) is 2. The topological polar surface area (TPSA) is 62.3 Å². The van der Waals surface area contributed by atoms with E-state index in [0.717, 1.165) is 49.9 Å². The molecule has 0 spiro atoms. The summed E-state index contributed by atoms with van der Waals surface area (Å²) < 4.78 is 14.5. The van der Waals surface area contributed by atoms with Gasteiger partial charge in [0.25, 0.3) is 0 Å². The Morgan fingerprint density at radius 1 is 1.07 bits per heavy atom. The standard InChI is InChI=1S/C20H31N5OS/c1-2-10-21-19-20(24-27-23-19)22-11-7-14-26-18-9-6-8-17(15-18)16-25-12-4-3-5-13-25/h6,8-9,15H,2-5,7,10-14,16H2,1H3,(H,21,23)(H,22,24). The van der Waals surface area contributed by atoms with Crippen molar-refractivity contribution in [1.82, 2.24) is 13.6 Å². The Bertz CT molecular complexity index is 672. The molecule has 1 aliphatic rings. The van der Waals surface area contributed by atoms with Gasteiger partial charge in [0.05, 0.1) is 18.3 Å². The maximum atomic E-state index is 5.94. The van der Waals surface area contributed by atoms with Gasteiger partial charge in [0, 0.05) is 19.6 Å². The van der Waals surface area contributed by atoms with E-state index in [4.69, 9.17) is 4.74 Å². The molecule has 1 fully saturated rings. The van der Waals surface area contributed by atoms with Crippen LogP contribution in [-0.4, -0.2) is 46.4 Å². The summed E-state index contributed by atoms with van der Waals surface area (Å²) in [6, 6.07) is 8.52. The largest absolute Gasteiger partial charge is 0.494 e. The molecule has 0 amide bonds. The van der Waals surface area contributed by atoms with Gasteiger partial charge in [-0.25, -0.2) is 0 Å². The minimum atomic E-state index is 0.690. The third kappa shape index (κ3) is 6.66. The molecule has 0 radical (unpaired) electrons. The molecule has 3 rings (SSSR count). The SMILES string of the molecule is CCCNc1nsnc1NCCCOc1cccc(CN2CCCCC2)c1. The van der Waals surface area contributed by atoms with E-state index in [0.29, 0.717) is 6.61 Å². The molecule has 0 aliphatic carbocycles. The lowest BCUT2D eigenvalue weighted by molar-refractivity contribution is 0.220. The van der Waals surface area contributed by atoms with E-state index in [2.05, 4.69) is 49.4 Å². The number of likely N-dealkylation sites (tertiary alicyclic amines) is 1. The van der Waals surface area contributed by atoms with Crippen molar-refractivity contribution in [2.24, 2.45) is 0 Å². The maximum Gasteiger partial charge on any atom is 0.184 e. The minimum absolute atomic E-state index is 0.690. The second-order valence-electron chi connectivity index (χ2n) is 7.00. The van der Waals surface area contributed by atoms with Crippen LogP contribution in [0.5, 0.6) is 5.75 Å². The van der Waals surface area contributed by atoms with Crippen molar-refractivity contribution < 1.29 is 4.74 Å². The number of benzene rings is 1. The lowest BCUT2D eigenvalue weighted by atomic mass is 10.1. The van der Waals surface area contributed by atoms with E-state index >= 15 is 0 Å². The highest BCUT2D eigenvalue weighted by molar-refractivity contribution is 6.99. The third-order valence-electron chi connectivity index (χ3n) is 4.67. The minimum Gasteiger partial charge on any atom is -0.494 e. The summed E-state index contributed by atoms with van der Waals surface area (Å²) in [5, 5.41) is 6.63. The van der Waals surface area contributed by atoms with Gasteiger partial charge in [-0.15, -0.1) is 0 Å². The normalized spacial score (nSPS) is 14.9. The van der Waals surface area contributed by atoms with Crippen LogP contribution in [0.4, 0.5) is 11.6 Å². The van der Waals surface area contributed by atoms with Gasteiger partial charge in [-0.1, -0.05) is 25.5 Å². The first-order valence-electron chi connectivity index (χ1n) is 10.1. The Morgan fingerprint density at radius 2 is 1.85 bits per heavy atom. The molecule has 148 valence electrons. The summed E-state index contributed by atoms with van der Waals surface area (Å²) in [5.41, 5.74) is 1.34. The van der Waals surface area contributed by atoms with E-state index in [9.17, 15) is 0 Å². The lowest BCUT2D eigenvalue weighted by Gasteiger charge is -2.26. The number of anilines is 2. The van der Waals surface area contributed by atoms with Crippen molar-refractivity contribution in [1.29, 1.82) is 0 Å². The molecule has 1 aromatic carbocycles. The highest BCUT2D eigenvalue weighted by atomic mass is 32.1. The number of ether oxygens (including phenoxy) is 1. The first-order valence-corrected chi connectivity index (χ1v) is 10.8. The molecule has 2 N–H and O–H groups in total. The van der Waals surface area contributed by atoms with Crippen LogP contribution in [0, 0.1) is 0 Å². The van der Waals surface area contributed by atoms with Gasteiger partial charge in [0.15, 0.2) is 11.6 Å². The van der Waals surface area contributed by atoms with Gasteiger partial charge in [0.1, 0.15) is 5.75 Å². The number of piperidine rings is 1. The molecule has 1 aliphatic heterocycles. The number of nitrogens with one attached hydrogen (secondary N) is 2. The molecular formula is C20H31N5OS. The predicted octanol–water partition coefficient (Wildman–Crippen LogP) is 4.23. The molecule has 2 heterocycles. The summed E-state index contributed by atoms with van der Waals surface area (Å²) in [6.45, 7) is 8.03. The van der Waals surface area contributed by atoms with E-state index in [1.54, 1.807) is 0 Å². The summed E-state index contributed by atoms with van der Waals surface area (Å²) in [6.07, 6.45) is 6.02. The summed E-state index contributed by atoms with van der Waals surface area (Å²) in [5.74, 6) is 2.66.